The summed E-state index contributed by atoms with van der Waals surface area (Å²) in [6.07, 6.45) is 0. The molecule has 8 aromatic carbocycles. The van der Waals surface area contributed by atoms with Crippen LogP contribution >= 0.6 is 7.14 Å². The number of fused-ring (bicyclic) bond motifs is 4. The zero-order chi connectivity index (χ0) is 33.4. The first-order chi connectivity index (χ1) is 24.6. The molecule has 50 heavy (non-hydrogen) atoms. The number of para-hydroxylation sites is 1. The Morgan fingerprint density at radius 3 is 1.62 bits per heavy atom. The van der Waals surface area contributed by atoms with Gasteiger partial charge in [0.05, 0.1) is 16.7 Å². The van der Waals surface area contributed by atoms with Crippen LogP contribution in [-0.2, 0) is 4.57 Å². The van der Waals surface area contributed by atoms with Crippen molar-refractivity contribution in [1.82, 2.24) is 9.55 Å². The van der Waals surface area contributed by atoms with Crippen LogP contribution in [0.15, 0.2) is 170 Å². The van der Waals surface area contributed by atoms with Crippen LogP contribution in [0, 0.1) is 6.92 Å². The lowest BCUT2D eigenvalue weighted by molar-refractivity contribution is 0.592. The van der Waals surface area contributed by atoms with Crippen LogP contribution < -0.4 is 15.9 Å². The third-order valence-electron chi connectivity index (χ3n) is 10.3. The first-order valence-corrected chi connectivity index (χ1v) is 18.7. The van der Waals surface area contributed by atoms with E-state index in [1.807, 2.05) is 55.5 Å². The number of nitrogens with zero attached hydrogens (tertiary/aromatic N) is 2. The number of imidazole rings is 1. The average Bonchev–Trinajstić information content (AvgIpc) is 3.52. The minimum absolute atomic E-state index is 0.837. The van der Waals surface area contributed by atoms with Gasteiger partial charge < -0.3 is 4.57 Å². The summed E-state index contributed by atoms with van der Waals surface area (Å²) in [6, 6.07) is 59.5. The van der Waals surface area contributed by atoms with Gasteiger partial charge in [-0.15, -0.1) is 0 Å². The minimum atomic E-state index is -3.20. The predicted molar refractivity (Wildman–Crippen MR) is 210 cm³/mol. The number of rotatable bonds is 4. The molecule has 1 aliphatic heterocycles. The summed E-state index contributed by atoms with van der Waals surface area (Å²) < 4.78 is 17.8. The van der Waals surface area contributed by atoms with E-state index >= 15 is 4.57 Å². The summed E-state index contributed by atoms with van der Waals surface area (Å²) in [5.74, 6) is 0.892. The number of aryl methyl sites for hydroxylation is 1. The van der Waals surface area contributed by atoms with E-state index in [1.165, 1.54) is 43.8 Å². The van der Waals surface area contributed by atoms with Crippen molar-refractivity contribution in [3.63, 3.8) is 0 Å². The zero-order valence-corrected chi connectivity index (χ0v) is 28.3. The van der Waals surface area contributed by atoms with Crippen LogP contribution in [0.4, 0.5) is 0 Å². The maximum atomic E-state index is 15.6. The van der Waals surface area contributed by atoms with Crippen molar-refractivity contribution < 1.29 is 4.57 Å². The van der Waals surface area contributed by atoms with Crippen molar-refractivity contribution in [2.24, 2.45) is 0 Å². The van der Waals surface area contributed by atoms with Crippen molar-refractivity contribution in [2.75, 3.05) is 0 Å². The van der Waals surface area contributed by atoms with E-state index in [2.05, 4.69) is 126 Å². The topological polar surface area (TPSA) is 34.9 Å². The molecule has 1 aromatic heterocycles. The summed E-state index contributed by atoms with van der Waals surface area (Å²) in [6.45, 7) is 2.03. The average molecular weight is 659 g/mol. The van der Waals surface area contributed by atoms with Gasteiger partial charge in [0.15, 0.2) is 7.14 Å². The molecular weight excluding hydrogens is 627 g/mol. The molecule has 4 heteroatoms. The molecule has 0 fully saturated rings. The molecule has 10 rings (SSSR count). The van der Waals surface area contributed by atoms with Gasteiger partial charge in [0.25, 0.3) is 0 Å². The first-order valence-electron chi connectivity index (χ1n) is 17.0. The summed E-state index contributed by atoms with van der Waals surface area (Å²) in [4.78, 5) is 4.87. The second kappa shape index (κ2) is 11.0. The number of benzene rings is 8. The third kappa shape index (κ3) is 4.11. The molecule has 0 bridgehead atoms. The van der Waals surface area contributed by atoms with Gasteiger partial charge in [-0.05, 0) is 86.1 Å². The first kappa shape index (κ1) is 28.9. The number of hydrogen-bond donors (Lipinski definition) is 0. The summed E-state index contributed by atoms with van der Waals surface area (Å²) >= 11 is 0. The fourth-order valence-corrected chi connectivity index (χ4v) is 11.2. The largest absolute Gasteiger partial charge is 0.308 e. The second-order valence-electron chi connectivity index (χ2n) is 13.1. The fraction of sp³-hybridized carbons (Fsp3) is 0.0217. The molecule has 236 valence electrons. The SMILES string of the molecule is Cc1nc2cccc3c2n1-c1ccc(-c2ccc(-c4c5ccccc5c(-c5ccccc5)c5ccccc45)cc2)cc1P3(=O)c1ccccc1. The summed E-state index contributed by atoms with van der Waals surface area (Å²) in [7, 11) is -3.20. The Kier molecular flexibility index (Phi) is 6.37. The number of hydrogen-bond acceptors (Lipinski definition) is 2. The Balaban J connectivity index is 1.15. The molecule has 0 saturated heterocycles. The van der Waals surface area contributed by atoms with Crippen LogP contribution in [0.2, 0.25) is 0 Å². The fourth-order valence-electron chi connectivity index (χ4n) is 8.15. The molecule has 1 aliphatic rings. The maximum absolute atomic E-state index is 15.6. The lowest BCUT2D eigenvalue weighted by Crippen LogP contribution is -2.33. The van der Waals surface area contributed by atoms with Crippen molar-refractivity contribution in [3.05, 3.63) is 176 Å². The molecular formula is C46H31N2OP. The normalized spacial score (nSPS) is 15.1. The van der Waals surface area contributed by atoms with E-state index in [1.54, 1.807) is 0 Å². The predicted octanol–water partition coefficient (Wildman–Crippen LogP) is 10.6. The van der Waals surface area contributed by atoms with E-state index < -0.39 is 7.14 Å². The smallest absolute Gasteiger partial charge is 0.175 e. The number of aromatic nitrogens is 2. The molecule has 9 aromatic rings. The Labute approximate surface area is 290 Å². The van der Waals surface area contributed by atoms with Gasteiger partial charge in [-0.3, -0.25) is 4.57 Å². The highest BCUT2D eigenvalue weighted by atomic mass is 31.2. The molecule has 0 radical (unpaired) electrons. The van der Waals surface area contributed by atoms with Gasteiger partial charge in [-0.2, -0.15) is 0 Å². The van der Waals surface area contributed by atoms with Crippen LogP contribution in [0.25, 0.3) is 71.6 Å². The highest BCUT2D eigenvalue weighted by Gasteiger charge is 2.39. The highest BCUT2D eigenvalue weighted by molar-refractivity contribution is 7.86. The summed E-state index contributed by atoms with van der Waals surface area (Å²) in [5, 5.41) is 7.48. The van der Waals surface area contributed by atoms with Gasteiger partial charge in [-0.1, -0.05) is 146 Å². The van der Waals surface area contributed by atoms with Gasteiger partial charge in [0, 0.05) is 15.9 Å². The van der Waals surface area contributed by atoms with Crippen LogP contribution in [0.3, 0.4) is 0 Å². The molecule has 0 aliphatic carbocycles. The van der Waals surface area contributed by atoms with E-state index in [0.717, 1.165) is 49.6 Å². The summed E-state index contributed by atoms with van der Waals surface area (Å²) in [5.41, 5.74) is 9.76. The molecule has 1 atom stereocenters. The molecule has 2 heterocycles. The lowest BCUT2D eigenvalue weighted by Gasteiger charge is -2.29. The van der Waals surface area contributed by atoms with E-state index in [9.17, 15) is 0 Å². The third-order valence-corrected chi connectivity index (χ3v) is 13.4. The lowest BCUT2D eigenvalue weighted by atomic mass is 9.86. The molecule has 0 amide bonds. The van der Waals surface area contributed by atoms with Gasteiger partial charge in [0.2, 0.25) is 0 Å². The van der Waals surface area contributed by atoms with Crippen molar-refractivity contribution in [3.8, 4) is 39.1 Å². The molecule has 3 nitrogen and oxygen atoms in total. The monoisotopic (exact) mass is 658 g/mol. The Morgan fingerprint density at radius 1 is 0.480 bits per heavy atom. The van der Waals surface area contributed by atoms with Gasteiger partial charge in [-0.25, -0.2) is 4.98 Å². The molecule has 0 saturated carbocycles. The van der Waals surface area contributed by atoms with Crippen molar-refractivity contribution >= 4 is 55.6 Å². The zero-order valence-electron chi connectivity index (χ0n) is 27.4. The Hall–Kier alpha value is -6.02. The minimum Gasteiger partial charge on any atom is -0.308 e. The second-order valence-corrected chi connectivity index (χ2v) is 15.8. The quantitative estimate of drug-likeness (QED) is 0.139. The molecule has 0 N–H and O–H groups in total. The Morgan fingerprint density at radius 2 is 1.00 bits per heavy atom. The van der Waals surface area contributed by atoms with Gasteiger partial charge >= 0.3 is 0 Å². The van der Waals surface area contributed by atoms with Crippen molar-refractivity contribution in [1.29, 1.82) is 0 Å². The van der Waals surface area contributed by atoms with Gasteiger partial charge in [0.1, 0.15) is 5.82 Å². The van der Waals surface area contributed by atoms with E-state index in [-0.39, 0.29) is 0 Å². The van der Waals surface area contributed by atoms with Crippen molar-refractivity contribution in [2.45, 2.75) is 6.92 Å². The highest BCUT2D eigenvalue weighted by Crippen LogP contribution is 2.50. The standard InChI is InChI=1S/C46H31N2OP/c1-30-47-40-21-12-22-42-46(40)48(30)41-28-27-34(29-43(41)50(42,49)35-15-6-3-7-16-35)31-23-25-33(26-24-31)45-38-19-10-8-17-36(38)44(32-13-4-2-5-14-32)37-18-9-11-20-39(37)45/h2-29H,1H3. The van der Waals surface area contributed by atoms with Crippen LogP contribution in [0.5, 0.6) is 0 Å². The Bertz CT molecular complexity index is 2780. The van der Waals surface area contributed by atoms with E-state index in [4.69, 9.17) is 4.98 Å². The molecule has 0 spiro atoms. The molecule has 1 unspecified atom stereocenters. The maximum Gasteiger partial charge on any atom is 0.175 e. The van der Waals surface area contributed by atoms with Crippen LogP contribution in [0.1, 0.15) is 5.82 Å². The van der Waals surface area contributed by atoms with Crippen LogP contribution in [-0.4, -0.2) is 9.55 Å². The van der Waals surface area contributed by atoms with E-state index in [0.29, 0.717) is 0 Å².